The van der Waals surface area contributed by atoms with Gasteiger partial charge in [-0.25, -0.2) is 4.79 Å². The van der Waals surface area contributed by atoms with Crippen LogP contribution >= 0.6 is 11.8 Å². The van der Waals surface area contributed by atoms with Crippen LogP contribution < -0.4 is 10.2 Å². The maximum absolute atomic E-state index is 10.7. The highest BCUT2D eigenvalue weighted by Gasteiger charge is 2.15. The Kier molecular flexibility index (Phi) is 7.95. The summed E-state index contributed by atoms with van der Waals surface area (Å²) in [6, 6.07) is 25.6. The number of aromatic hydroxyl groups is 1. The van der Waals surface area contributed by atoms with E-state index in [1.54, 1.807) is 18.2 Å². The Bertz CT molecular complexity index is 1330. The Morgan fingerprint density at radius 3 is 2.34 bits per heavy atom. The van der Waals surface area contributed by atoms with Crippen LogP contribution in [0.15, 0.2) is 88.7 Å². The van der Waals surface area contributed by atoms with Crippen molar-refractivity contribution in [1.82, 2.24) is 5.32 Å². The van der Waals surface area contributed by atoms with E-state index in [1.807, 2.05) is 23.9 Å². The number of phenols is 1. The quantitative estimate of drug-likeness (QED) is 0.323. The van der Waals surface area contributed by atoms with Crippen molar-refractivity contribution >= 4 is 34.2 Å². The lowest BCUT2D eigenvalue weighted by Gasteiger charge is -2.31. The third kappa shape index (κ3) is 5.96. The third-order valence-electron chi connectivity index (χ3n) is 6.00. The fourth-order valence-electron chi connectivity index (χ4n) is 4.17. The van der Waals surface area contributed by atoms with Gasteiger partial charge in [-0.15, -0.1) is 0 Å². The van der Waals surface area contributed by atoms with Crippen molar-refractivity contribution in [3.8, 4) is 5.75 Å². The van der Waals surface area contributed by atoms with E-state index < -0.39 is 5.97 Å². The lowest BCUT2D eigenvalue weighted by molar-refractivity contribution is 0.0694. The first-order chi connectivity index (χ1) is 16.9. The summed E-state index contributed by atoms with van der Waals surface area (Å²) < 4.78 is 0. The van der Waals surface area contributed by atoms with Gasteiger partial charge in [-0.3, -0.25) is 0 Å². The number of rotatable bonds is 4. The van der Waals surface area contributed by atoms with Crippen molar-refractivity contribution in [2.45, 2.75) is 23.6 Å². The van der Waals surface area contributed by atoms with Crippen molar-refractivity contribution in [3.63, 3.8) is 0 Å². The predicted molar refractivity (Wildman–Crippen MR) is 144 cm³/mol. The van der Waals surface area contributed by atoms with Gasteiger partial charge in [0.05, 0.1) is 5.69 Å². The highest BCUT2D eigenvalue weighted by atomic mass is 32.2. The van der Waals surface area contributed by atoms with Crippen molar-refractivity contribution in [1.29, 1.82) is 0 Å². The Morgan fingerprint density at radius 1 is 0.886 bits per heavy atom. The van der Waals surface area contributed by atoms with E-state index in [-0.39, 0.29) is 11.3 Å². The maximum Gasteiger partial charge on any atom is 0.339 e. The number of aromatic carboxylic acids is 1. The number of aryl methyl sites for hydroxylation is 2. The normalized spacial score (nSPS) is 13.3. The van der Waals surface area contributed by atoms with Gasteiger partial charge < -0.3 is 20.4 Å². The molecule has 180 valence electrons. The van der Waals surface area contributed by atoms with Crippen LogP contribution in [0.3, 0.4) is 0 Å². The smallest absolute Gasteiger partial charge is 0.339 e. The van der Waals surface area contributed by atoms with Gasteiger partial charge in [0.1, 0.15) is 11.3 Å². The summed E-state index contributed by atoms with van der Waals surface area (Å²) in [5, 5.41) is 23.2. The van der Waals surface area contributed by atoms with Gasteiger partial charge in [-0.2, -0.15) is 0 Å². The minimum atomic E-state index is -1.12. The number of anilines is 1. The van der Waals surface area contributed by atoms with E-state index in [2.05, 4.69) is 66.5 Å². The molecule has 1 aliphatic rings. The summed E-state index contributed by atoms with van der Waals surface area (Å²) in [6.07, 6.45) is 0. The minimum Gasteiger partial charge on any atom is -0.506 e. The fourth-order valence-corrected chi connectivity index (χ4v) is 5.21. The number of nitrogens with zero attached hydrogens (tertiary/aromatic N) is 1. The number of carboxylic acid groups (broad SMARTS) is 1. The number of carboxylic acids is 1. The van der Waals surface area contributed by atoms with Crippen LogP contribution in [0.1, 0.15) is 21.5 Å². The molecule has 0 aliphatic carbocycles. The molecule has 6 heteroatoms. The summed E-state index contributed by atoms with van der Waals surface area (Å²) in [4.78, 5) is 15.9. The van der Waals surface area contributed by atoms with Crippen molar-refractivity contribution < 1.29 is 15.0 Å². The largest absolute Gasteiger partial charge is 0.506 e. The van der Waals surface area contributed by atoms with Crippen molar-refractivity contribution in [2.24, 2.45) is 0 Å². The van der Waals surface area contributed by atoms with Crippen molar-refractivity contribution in [2.75, 3.05) is 31.1 Å². The first-order valence-corrected chi connectivity index (χ1v) is 12.5. The second-order valence-electron chi connectivity index (χ2n) is 8.56. The fraction of sp³-hybridized carbons (Fsp3) is 0.207. The first kappa shape index (κ1) is 24.6. The number of hydrogen-bond donors (Lipinski definition) is 3. The van der Waals surface area contributed by atoms with Gasteiger partial charge in [0.2, 0.25) is 0 Å². The molecule has 0 unspecified atom stereocenters. The number of benzene rings is 4. The van der Waals surface area contributed by atoms with Crippen molar-refractivity contribution in [3.05, 3.63) is 95.6 Å². The maximum atomic E-state index is 10.7. The predicted octanol–water partition coefficient (Wildman–Crippen LogP) is 6.11. The molecule has 0 amide bonds. The topological polar surface area (TPSA) is 72.8 Å². The summed E-state index contributed by atoms with van der Waals surface area (Å²) >= 11 is 1.88. The summed E-state index contributed by atoms with van der Waals surface area (Å²) in [5.74, 6) is -1.29. The molecule has 5 rings (SSSR count). The molecule has 0 radical (unpaired) electrons. The van der Waals surface area contributed by atoms with Crippen LogP contribution in [0.4, 0.5) is 5.69 Å². The molecule has 0 saturated carbocycles. The standard InChI is InChI=1S/C18H22N2S.C11H8O3/c1-14-7-8-17(15(2)13-14)21-18-6-4-3-5-16(18)20-11-9-19-10-12-20;12-10-8-4-2-1-3-7(8)5-6-9(10)11(13)14/h3-8,13,19H,9-12H2,1-2H3;1-6,12H,(H,13,14). The number of hydrogen-bond acceptors (Lipinski definition) is 5. The third-order valence-corrected chi connectivity index (χ3v) is 7.25. The molecule has 4 aromatic rings. The number of nitrogens with one attached hydrogen (secondary N) is 1. The lowest BCUT2D eigenvalue weighted by atomic mass is 10.1. The Labute approximate surface area is 210 Å². The van der Waals surface area contributed by atoms with Crippen LogP contribution in [0.2, 0.25) is 0 Å². The number of para-hydroxylation sites is 1. The van der Waals surface area contributed by atoms with E-state index in [0.29, 0.717) is 5.39 Å². The second-order valence-corrected chi connectivity index (χ2v) is 9.65. The van der Waals surface area contributed by atoms with E-state index in [1.165, 1.54) is 32.7 Å². The first-order valence-electron chi connectivity index (χ1n) is 11.7. The molecular weight excluding hydrogens is 456 g/mol. The summed E-state index contributed by atoms with van der Waals surface area (Å²) in [6.45, 7) is 8.67. The van der Waals surface area contributed by atoms with E-state index in [4.69, 9.17) is 5.11 Å². The Hall–Kier alpha value is -3.48. The van der Waals surface area contributed by atoms with Gasteiger partial charge in [-0.1, -0.05) is 71.9 Å². The summed E-state index contributed by atoms with van der Waals surface area (Å²) in [5.41, 5.74) is 3.98. The highest BCUT2D eigenvalue weighted by molar-refractivity contribution is 7.99. The average Bonchev–Trinajstić information content (AvgIpc) is 2.87. The zero-order chi connectivity index (χ0) is 24.8. The molecule has 1 aliphatic heterocycles. The molecule has 0 atom stereocenters. The van der Waals surface area contributed by atoms with Gasteiger partial charge in [0, 0.05) is 41.4 Å². The van der Waals surface area contributed by atoms with Crippen LogP contribution in [0, 0.1) is 13.8 Å². The van der Waals surface area contributed by atoms with E-state index >= 15 is 0 Å². The van der Waals surface area contributed by atoms with Gasteiger partial charge in [0.25, 0.3) is 0 Å². The molecule has 0 aromatic heterocycles. The monoisotopic (exact) mass is 486 g/mol. The lowest BCUT2D eigenvalue weighted by Crippen LogP contribution is -2.43. The zero-order valence-electron chi connectivity index (χ0n) is 20.0. The molecule has 0 bridgehead atoms. The molecule has 1 saturated heterocycles. The molecule has 1 heterocycles. The molecule has 1 fully saturated rings. The van der Waals surface area contributed by atoms with Gasteiger partial charge >= 0.3 is 5.97 Å². The molecule has 5 nitrogen and oxygen atoms in total. The molecule has 0 spiro atoms. The van der Waals surface area contributed by atoms with E-state index in [0.717, 1.165) is 31.6 Å². The Morgan fingerprint density at radius 2 is 1.60 bits per heavy atom. The van der Waals surface area contributed by atoms with Crippen LogP contribution in [-0.4, -0.2) is 42.4 Å². The van der Waals surface area contributed by atoms with Crippen LogP contribution in [-0.2, 0) is 0 Å². The zero-order valence-corrected chi connectivity index (χ0v) is 20.8. The van der Waals surface area contributed by atoms with E-state index in [9.17, 15) is 9.90 Å². The minimum absolute atomic E-state index is 0.0660. The number of carbonyl (C=O) groups is 1. The van der Waals surface area contributed by atoms with Crippen LogP contribution in [0.25, 0.3) is 10.8 Å². The summed E-state index contributed by atoms with van der Waals surface area (Å²) in [7, 11) is 0. The molecule has 4 aromatic carbocycles. The molecule has 3 N–H and O–H groups in total. The molecular formula is C29H30N2O3S. The number of fused-ring (bicyclic) bond motifs is 1. The molecule has 35 heavy (non-hydrogen) atoms. The average molecular weight is 487 g/mol. The van der Waals surface area contributed by atoms with Gasteiger partial charge in [-0.05, 0) is 49.1 Å². The van der Waals surface area contributed by atoms with Crippen LogP contribution in [0.5, 0.6) is 5.75 Å². The second kappa shape index (κ2) is 11.3. The highest BCUT2D eigenvalue weighted by Crippen LogP contribution is 2.37. The van der Waals surface area contributed by atoms with Gasteiger partial charge in [0.15, 0.2) is 0 Å². The number of piperazine rings is 1. The SMILES string of the molecule is Cc1ccc(Sc2ccccc2N2CCNCC2)c(C)c1.O=C(O)c1ccc2ccccc2c1O. The Balaban J connectivity index is 0.000000179.